The van der Waals surface area contributed by atoms with Crippen molar-refractivity contribution in [3.63, 3.8) is 0 Å². The number of rotatable bonds is 21. The minimum absolute atomic E-state index is 0.00804. The third-order valence-corrected chi connectivity index (χ3v) is 11.4. The van der Waals surface area contributed by atoms with E-state index < -0.39 is 63.8 Å². The molecule has 2 amide bonds. The number of carboxylic acid groups (broad SMARTS) is 1. The molecule has 5 rings (SSSR count). The third kappa shape index (κ3) is 10.8. The lowest BCUT2D eigenvalue weighted by Gasteiger charge is -2.42. The number of hydrogen-bond donors (Lipinski definition) is 2. The summed E-state index contributed by atoms with van der Waals surface area (Å²) in [5.74, 6) is -4.92. The zero-order valence-electron chi connectivity index (χ0n) is 32.7. The number of halogens is 2. The molecule has 1 aromatic heterocycles. The molecule has 3 aliphatic heterocycles. The molecule has 0 aliphatic carbocycles. The molecule has 12 nitrogen and oxygen atoms in total. The van der Waals surface area contributed by atoms with Crippen LogP contribution < -0.4 is 15.5 Å². The summed E-state index contributed by atoms with van der Waals surface area (Å²) in [4.78, 5) is 73.4. The average molecular weight is 783 g/mol. The fourth-order valence-corrected chi connectivity index (χ4v) is 8.13. The summed E-state index contributed by atoms with van der Waals surface area (Å²) in [5.41, 5.74) is -1.55. The van der Waals surface area contributed by atoms with Crippen LogP contribution in [0.1, 0.15) is 168 Å². The van der Waals surface area contributed by atoms with Gasteiger partial charge in [-0.3, -0.25) is 24.0 Å². The molecule has 0 radical (unpaired) electrons. The molecule has 306 valence electrons. The number of carbonyl (C=O) groups excluding carboxylic acids is 3. The monoisotopic (exact) mass is 782 g/mol. The number of amides is 2. The van der Waals surface area contributed by atoms with Crippen molar-refractivity contribution in [3.05, 3.63) is 63.1 Å². The Labute approximate surface area is 327 Å². The first kappa shape index (κ1) is 42.5. The molecule has 2 aromatic rings. The molecule has 1 unspecified atom stereocenters. The zero-order valence-corrected chi connectivity index (χ0v) is 32.7. The van der Waals surface area contributed by atoms with Crippen molar-refractivity contribution in [2.45, 2.75) is 160 Å². The Balaban J connectivity index is 1.20. The van der Waals surface area contributed by atoms with E-state index in [9.17, 15) is 32.8 Å². The summed E-state index contributed by atoms with van der Waals surface area (Å²) in [7, 11) is 0. The second kappa shape index (κ2) is 20.0. The van der Waals surface area contributed by atoms with Gasteiger partial charge < -0.3 is 29.5 Å². The van der Waals surface area contributed by atoms with E-state index in [0.717, 1.165) is 69.6 Å². The Bertz CT molecular complexity index is 1830. The van der Waals surface area contributed by atoms with Crippen molar-refractivity contribution in [1.29, 1.82) is 0 Å². The van der Waals surface area contributed by atoms with Gasteiger partial charge >= 0.3 is 11.9 Å². The average Bonchev–Trinajstić information content (AvgIpc) is 3.49. The van der Waals surface area contributed by atoms with Gasteiger partial charge in [0, 0.05) is 56.2 Å². The van der Waals surface area contributed by atoms with Crippen LogP contribution in [-0.2, 0) is 21.0 Å². The van der Waals surface area contributed by atoms with Crippen LogP contribution in [0.3, 0.4) is 0 Å². The number of aliphatic carboxylic acids is 1. The fourth-order valence-electron chi connectivity index (χ4n) is 8.13. The fraction of sp³-hybridized carbons (Fsp3) is 0.619. The largest absolute Gasteiger partial charge is 0.481 e. The molecule has 1 saturated heterocycles. The summed E-state index contributed by atoms with van der Waals surface area (Å²) >= 11 is 0. The molecule has 3 atom stereocenters. The topological polar surface area (TPSA) is 157 Å². The summed E-state index contributed by atoms with van der Waals surface area (Å²) in [6, 6.07) is 2.19. The number of benzene rings is 1. The smallest absolute Gasteiger partial charge is 0.311 e. The lowest BCUT2D eigenvalue weighted by Crippen LogP contribution is -2.52. The maximum absolute atomic E-state index is 14.4. The first-order valence-corrected chi connectivity index (χ1v) is 20.4. The van der Waals surface area contributed by atoms with Crippen LogP contribution in [0, 0.1) is 11.6 Å². The SMILES string of the molecule is CC1=NO[C@@]2(CC[C@H](C)N3CC2n2cc(C(=O)NCc4ccc(F)cc4F)c(=O)c(OC(=O)CCCCCCCCCCCCCCCCC(=O)O)c2C3=O)C1. The minimum Gasteiger partial charge on any atom is -0.481 e. The number of nitrogens with zero attached hydrogens (tertiary/aromatic N) is 3. The van der Waals surface area contributed by atoms with Crippen LogP contribution in [0.2, 0.25) is 0 Å². The highest BCUT2D eigenvalue weighted by Crippen LogP contribution is 2.46. The number of hydrogen-bond acceptors (Lipinski definition) is 8. The predicted molar refractivity (Wildman–Crippen MR) is 206 cm³/mol. The highest BCUT2D eigenvalue weighted by molar-refractivity contribution is 6.00. The lowest BCUT2D eigenvalue weighted by atomic mass is 9.84. The molecule has 1 fully saturated rings. The number of ether oxygens (including phenoxy) is 1. The summed E-state index contributed by atoms with van der Waals surface area (Å²) < 4.78 is 35.2. The summed E-state index contributed by atoms with van der Waals surface area (Å²) in [5, 5.41) is 15.5. The van der Waals surface area contributed by atoms with E-state index in [-0.39, 0.29) is 43.2 Å². The molecule has 14 heteroatoms. The molecule has 0 saturated carbocycles. The van der Waals surface area contributed by atoms with E-state index in [1.807, 2.05) is 13.8 Å². The van der Waals surface area contributed by atoms with Gasteiger partial charge in [0.15, 0.2) is 11.3 Å². The molecule has 56 heavy (non-hydrogen) atoms. The van der Waals surface area contributed by atoms with E-state index in [4.69, 9.17) is 14.7 Å². The van der Waals surface area contributed by atoms with Gasteiger partial charge in [0.2, 0.25) is 11.2 Å². The highest BCUT2D eigenvalue weighted by Gasteiger charge is 2.54. The van der Waals surface area contributed by atoms with Crippen molar-refractivity contribution in [2.75, 3.05) is 6.54 Å². The van der Waals surface area contributed by atoms with Crippen LogP contribution >= 0.6 is 0 Å². The van der Waals surface area contributed by atoms with Crippen molar-refractivity contribution in [2.24, 2.45) is 5.16 Å². The van der Waals surface area contributed by atoms with E-state index >= 15 is 0 Å². The number of unbranched alkanes of at least 4 members (excludes halogenated alkanes) is 13. The van der Waals surface area contributed by atoms with E-state index in [0.29, 0.717) is 31.7 Å². The van der Waals surface area contributed by atoms with Gasteiger partial charge in [0.25, 0.3) is 11.8 Å². The maximum atomic E-state index is 14.4. The second-order valence-electron chi connectivity index (χ2n) is 15.7. The predicted octanol–water partition coefficient (Wildman–Crippen LogP) is 8.00. The Morgan fingerprint density at radius 1 is 0.946 bits per heavy atom. The summed E-state index contributed by atoms with van der Waals surface area (Å²) in [6.07, 6.45) is 17.5. The van der Waals surface area contributed by atoms with E-state index in [2.05, 4.69) is 10.5 Å². The molecule has 3 aliphatic rings. The van der Waals surface area contributed by atoms with Crippen LogP contribution in [0.15, 0.2) is 34.3 Å². The molecule has 2 N–H and O–H groups in total. The Morgan fingerprint density at radius 2 is 1.55 bits per heavy atom. The number of nitrogens with one attached hydrogen (secondary N) is 1. The Morgan fingerprint density at radius 3 is 2.12 bits per heavy atom. The van der Waals surface area contributed by atoms with Crippen molar-refractivity contribution in [1.82, 2.24) is 14.8 Å². The van der Waals surface area contributed by atoms with Gasteiger partial charge in [0.1, 0.15) is 17.2 Å². The first-order chi connectivity index (χ1) is 26.9. The molecule has 1 spiro atoms. The maximum Gasteiger partial charge on any atom is 0.311 e. The number of carboxylic acids is 1. The van der Waals surface area contributed by atoms with Gasteiger partial charge in [0.05, 0.1) is 11.8 Å². The van der Waals surface area contributed by atoms with Gasteiger partial charge in [-0.05, 0) is 45.6 Å². The molecule has 1 aromatic carbocycles. The number of oxime groups is 1. The van der Waals surface area contributed by atoms with E-state index in [1.54, 1.807) is 4.90 Å². The van der Waals surface area contributed by atoms with Crippen LogP contribution in [0.5, 0.6) is 5.75 Å². The number of pyridine rings is 1. The van der Waals surface area contributed by atoms with Crippen molar-refractivity contribution in [3.8, 4) is 5.75 Å². The van der Waals surface area contributed by atoms with Gasteiger partial charge in [-0.2, -0.15) is 0 Å². The van der Waals surface area contributed by atoms with Gasteiger partial charge in [-0.25, -0.2) is 8.78 Å². The second-order valence-corrected chi connectivity index (χ2v) is 15.7. The van der Waals surface area contributed by atoms with Gasteiger partial charge in [-0.1, -0.05) is 88.3 Å². The number of aromatic nitrogens is 1. The van der Waals surface area contributed by atoms with Crippen LogP contribution in [0.4, 0.5) is 8.78 Å². The highest BCUT2D eigenvalue weighted by atomic mass is 19.1. The third-order valence-electron chi connectivity index (χ3n) is 11.4. The number of carbonyl (C=O) groups is 4. The zero-order chi connectivity index (χ0) is 40.2. The number of fused-ring (bicyclic) bond motifs is 5. The molecule has 4 heterocycles. The van der Waals surface area contributed by atoms with Crippen molar-refractivity contribution >= 4 is 29.5 Å². The Hall–Kier alpha value is -4.62. The standard InChI is InChI=1S/C42H56F2N4O8/c1-28-24-42(56-46-28)22-21-29(2)47-27-34(42)48-26-32(40(53)45-25-30-19-20-31(43)23-33(30)44)38(52)39(37(48)41(47)54)55-36(51)18-16-14-12-10-8-6-4-3-5-7-9-11-13-15-17-35(49)50/h19-20,23,26,29,34H,3-18,21-22,24-25,27H2,1-2H3,(H,45,53)(H,49,50)/t29-,34?,42-/m0/s1. The lowest BCUT2D eigenvalue weighted by molar-refractivity contribution is -0.137. The molecule has 2 bridgehead atoms. The van der Waals surface area contributed by atoms with Crippen molar-refractivity contribution < 1.29 is 42.6 Å². The quantitative estimate of drug-likeness (QED) is 0.0953. The van der Waals surface area contributed by atoms with E-state index in [1.165, 1.54) is 42.5 Å². The van der Waals surface area contributed by atoms with Crippen LogP contribution in [-0.4, -0.2) is 62.2 Å². The Kier molecular flexibility index (Phi) is 15.2. The molecular weight excluding hydrogens is 726 g/mol. The summed E-state index contributed by atoms with van der Waals surface area (Å²) in [6.45, 7) is 3.66. The van der Waals surface area contributed by atoms with Gasteiger partial charge in [-0.15, -0.1) is 0 Å². The first-order valence-electron chi connectivity index (χ1n) is 20.4. The molecular formula is C42H56F2N4O8. The minimum atomic E-state index is -0.938. The normalized spacial score (nSPS) is 20.0. The number of esters is 1. The van der Waals surface area contributed by atoms with Crippen LogP contribution in [0.25, 0.3) is 0 Å².